The fourth-order valence-electron chi connectivity index (χ4n) is 2.72. The van der Waals surface area contributed by atoms with E-state index < -0.39 is 0 Å². The Balaban J connectivity index is 1.59. The lowest BCUT2D eigenvalue weighted by molar-refractivity contribution is 0.0188. The van der Waals surface area contributed by atoms with Crippen molar-refractivity contribution in [2.45, 2.75) is 18.2 Å². The number of aliphatic hydroxyl groups excluding tert-OH is 1. The van der Waals surface area contributed by atoms with Crippen LogP contribution in [0.4, 0.5) is 0 Å². The van der Waals surface area contributed by atoms with E-state index in [1.165, 1.54) is 5.56 Å². The third kappa shape index (κ3) is 4.35. The molecule has 1 fully saturated rings. The van der Waals surface area contributed by atoms with Crippen LogP contribution in [0, 0.1) is 6.92 Å². The fourth-order valence-corrected chi connectivity index (χ4v) is 3.60. The minimum atomic E-state index is -0.361. The molecule has 5 nitrogen and oxygen atoms in total. The Bertz CT molecular complexity index is 626. The highest BCUT2D eigenvalue weighted by Crippen LogP contribution is 2.23. The van der Waals surface area contributed by atoms with Crippen LogP contribution in [0.25, 0.3) is 5.69 Å². The molecule has 1 aliphatic heterocycles. The number of hydrogen-bond acceptors (Lipinski definition) is 5. The maximum absolute atomic E-state index is 10.3. The molecule has 124 valence electrons. The van der Waals surface area contributed by atoms with E-state index >= 15 is 0 Å². The zero-order chi connectivity index (χ0) is 16.1. The Kier molecular flexibility index (Phi) is 5.72. The average molecular weight is 333 g/mol. The van der Waals surface area contributed by atoms with Crippen LogP contribution in [-0.4, -0.2) is 64.3 Å². The Labute approximate surface area is 141 Å². The molecule has 1 aromatic carbocycles. The predicted molar refractivity (Wildman–Crippen MR) is 92.3 cm³/mol. The number of aliphatic hydroxyl groups is 1. The van der Waals surface area contributed by atoms with Crippen LogP contribution >= 0.6 is 11.8 Å². The molecule has 6 heteroatoms. The van der Waals surface area contributed by atoms with Gasteiger partial charge in [-0.05, 0) is 18.6 Å². The molecule has 0 bridgehead atoms. The lowest BCUT2D eigenvalue weighted by Gasteiger charge is -2.28. The number of nitrogens with zero attached hydrogens (tertiary/aromatic N) is 3. The van der Waals surface area contributed by atoms with Gasteiger partial charge in [0.1, 0.15) is 0 Å². The third-order valence-electron chi connectivity index (χ3n) is 3.96. The highest BCUT2D eigenvalue weighted by molar-refractivity contribution is 7.99. The molecule has 2 heterocycles. The van der Waals surface area contributed by atoms with E-state index in [0.717, 1.165) is 37.1 Å². The van der Waals surface area contributed by atoms with Crippen LogP contribution in [0.5, 0.6) is 0 Å². The first-order chi connectivity index (χ1) is 11.2. The van der Waals surface area contributed by atoms with Gasteiger partial charge in [-0.2, -0.15) is 0 Å². The summed E-state index contributed by atoms with van der Waals surface area (Å²) >= 11 is 1.60. The molecule has 3 rings (SSSR count). The zero-order valence-electron chi connectivity index (χ0n) is 13.4. The van der Waals surface area contributed by atoms with Gasteiger partial charge in [-0.1, -0.05) is 30.0 Å². The minimum Gasteiger partial charge on any atom is -0.391 e. The molecule has 1 aromatic heterocycles. The van der Waals surface area contributed by atoms with E-state index in [4.69, 9.17) is 4.74 Å². The van der Waals surface area contributed by atoms with Crippen molar-refractivity contribution in [2.75, 3.05) is 38.6 Å². The maximum Gasteiger partial charge on any atom is 0.172 e. The van der Waals surface area contributed by atoms with Gasteiger partial charge in [-0.3, -0.25) is 9.47 Å². The quantitative estimate of drug-likeness (QED) is 0.819. The Morgan fingerprint density at radius 2 is 2.09 bits per heavy atom. The second-order valence-corrected chi connectivity index (χ2v) is 6.73. The van der Waals surface area contributed by atoms with E-state index in [9.17, 15) is 5.11 Å². The maximum atomic E-state index is 10.3. The number of β-amino-alcohol motifs (C(OH)–C–C–N with tert-alkyl or cyclic N) is 1. The number of rotatable bonds is 6. The van der Waals surface area contributed by atoms with E-state index in [1.54, 1.807) is 11.8 Å². The zero-order valence-corrected chi connectivity index (χ0v) is 14.2. The number of aryl methyl sites for hydroxylation is 1. The van der Waals surface area contributed by atoms with Crippen LogP contribution in [0.3, 0.4) is 0 Å². The Morgan fingerprint density at radius 3 is 2.87 bits per heavy atom. The predicted octanol–water partition coefficient (Wildman–Crippen LogP) is 1.97. The molecular weight excluding hydrogens is 310 g/mol. The number of aromatic nitrogens is 2. The largest absolute Gasteiger partial charge is 0.391 e. The van der Waals surface area contributed by atoms with Gasteiger partial charge in [0.15, 0.2) is 5.16 Å². The lowest BCUT2D eigenvalue weighted by Crippen LogP contribution is -2.41. The first-order valence-electron chi connectivity index (χ1n) is 7.94. The molecular formula is C17H23N3O2S. The van der Waals surface area contributed by atoms with Gasteiger partial charge in [-0.15, -0.1) is 0 Å². The standard InChI is InChI=1S/C17H23N3O2S/c1-14-4-2-3-5-16(14)20-7-6-18-17(20)23-13-15(21)12-19-8-10-22-11-9-19/h2-7,15,21H,8-13H2,1H3. The first kappa shape index (κ1) is 16.5. The highest BCUT2D eigenvalue weighted by Gasteiger charge is 2.16. The Morgan fingerprint density at radius 1 is 1.30 bits per heavy atom. The van der Waals surface area contributed by atoms with Crippen molar-refractivity contribution in [3.8, 4) is 5.69 Å². The van der Waals surface area contributed by atoms with Gasteiger partial charge >= 0.3 is 0 Å². The van der Waals surface area contributed by atoms with Crippen molar-refractivity contribution in [2.24, 2.45) is 0 Å². The molecule has 1 N–H and O–H groups in total. The van der Waals surface area contributed by atoms with E-state index in [1.807, 2.05) is 24.5 Å². The summed E-state index contributed by atoms with van der Waals surface area (Å²) in [6.07, 6.45) is 3.42. The van der Waals surface area contributed by atoms with Crippen LogP contribution in [-0.2, 0) is 4.74 Å². The van der Waals surface area contributed by atoms with Crippen LogP contribution in [0.1, 0.15) is 5.56 Å². The van der Waals surface area contributed by atoms with E-state index in [-0.39, 0.29) is 6.10 Å². The van der Waals surface area contributed by atoms with Gasteiger partial charge in [0.25, 0.3) is 0 Å². The van der Waals surface area contributed by atoms with Crippen molar-refractivity contribution in [1.29, 1.82) is 0 Å². The lowest BCUT2D eigenvalue weighted by atomic mass is 10.2. The second kappa shape index (κ2) is 7.97. The van der Waals surface area contributed by atoms with Crippen molar-refractivity contribution in [1.82, 2.24) is 14.5 Å². The van der Waals surface area contributed by atoms with Gasteiger partial charge in [0, 0.05) is 37.8 Å². The van der Waals surface area contributed by atoms with Crippen molar-refractivity contribution >= 4 is 11.8 Å². The molecule has 0 spiro atoms. The monoisotopic (exact) mass is 333 g/mol. The Hall–Kier alpha value is -1.34. The summed E-state index contributed by atoms with van der Waals surface area (Å²) in [6, 6.07) is 8.25. The number of thioether (sulfide) groups is 1. The summed E-state index contributed by atoms with van der Waals surface area (Å²) in [7, 11) is 0. The number of ether oxygens (including phenoxy) is 1. The molecule has 1 aliphatic rings. The molecule has 0 radical (unpaired) electrons. The van der Waals surface area contributed by atoms with Crippen LogP contribution in [0.2, 0.25) is 0 Å². The summed E-state index contributed by atoms with van der Waals surface area (Å²) < 4.78 is 7.42. The average Bonchev–Trinajstić information content (AvgIpc) is 3.03. The minimum absolute atomic E-state index is 0.361. The number of hydrogen-bond donors (Lipinski definition) is 1. The van der Waals surface area contributed by atoms with Gasteiger partial charge in [-0.25, -0.2) is 4.98 Å². The number of morpholine rings is 1. The fraction of sp³-hybridized carbons (Fsp3) is 0.471. The van der Waals surface area contributed by atoms with Crippen molar-refractivity contribution < 1.29 is 9.84 Å². The molecule has 1 atom stereocenters. The molecule has 23 heavy (non-hydrogen) atoms. The van der Waals surface area contributed by atoms with Crippen molar-refractivity contribution in [3.63, 3.8) is 0 Å². The molecule has 1 unspecified atom stereocenters. The smallest absolute Gasteiger partial charge is 0.172 e. The molecule has 1 saturated heterocycles. The van der Waals surface area contributed by atoms with E-state index in [2.05, 4.69) is 33.5 Å². The summed E-state index contributed by atoms with van der Waals surface area (Å²) in [6.45, 7) is 6.12. The third-order valence-corrected chi connectivity index (χ3v) is 5.07. The normalized spacial score (nSPS) is 17.3. The summed E-state index contributed by atoms with van der Waals surface area (Å²) in [5.41, 5.74) is 2.34. The first-order valence-corrected chi connectivity index (χ1v) is 8.93. The van der Waals surface area contributed by atoms with Crippen LogP contribution < -0.4 is 0 Å². The molecule has 0 amide bonds. The summed E-state index contributed by atoms with van der Waals surface area (Å²) in [5.74, 6) is 0.639. The summed E-state index contributed by atoms with van der Waals surface area (Å²) in [4.78, 5) is 6.69. The number of benzene rings is 1. The number of imidazole rings is 1. The number of para-hydroxylation sites is 1. The molecule has 0 saturated carbocycles. The van der Waals surface area contributed by atoms with Crippen LogP contribution in [0.15, 0.2) is 41.8 Å². The van der Waals surface area contributed by atoms with Crippen molar-refractivity contribution in [3.05, 3.63) is 42.2 Å². The molecule has 2 aromatic rings. The van der Waals surface area contributed by atoms with Gasteiger partial charge in [0.2, 0.25) is 0 Å². The second-order valence-electron chi connectivity index (χ2n) is 5.74. The highest BCUT2D eigenvalue weighted by atomic mass is 32.2. The van der Waals surface area contributed by atoms with Gasteiger partial charge < -0.3 is 9.84 Å². The SMILES string of the molecule is Cc1ccccc1-n1ccnc1SCC(O)CN1CCOCC1. The summed E-state index contributed by atoms with van der Waals surface area (Å²) in [5, 5.41) is 11.2. The molecule has 0 aliphatic carbocycles. The van der Waals surface area contributed by atoms with E-state index in [0.29, 0.717) is 12.3 Å². The van der Waals surface area contributed by atoms with Gasteiger partial charge in [0.05, 0.1) is 25.0 Å². The topological polar surface area (TPSA) is 50.5 Å².